The minimum absolute atomic E-state index is 0. The minimum atomic E-state index is -1.000. The van der Waals surface area contributed by atoms with Gasteiger partial charge >= 0.3 is 0 Å². The summed E-state index contributed by atoms with van der Waals surface area (Å²) in [6.45, 7) is 12.3. The molecule has 4 N–H and O–H groups in total. The second-order valence-corrected chi connectivity index (χ2v) is 14.0. The first kappa shape index (κ1) is 39.1. The maximum Gasteiger partial charge on any atom is 0.259 e. The van der Waals surface area contributed by atoms with E-state index in [2.05, 4.69) is 84.1 Å². The van der Waals surface area contributed by atoms with Gasteiger partial charge in [-0.3, -0.25) is 19.0 Å². The van der Waals surface area contributed by atoms with Crippen molar-refractivity contribution in [1.29, 1.82) is 0 Å². The van der Waals surface area contributed by atoms with Gasteiger partial charge < -0.3 is 21.2 Å². The maximum absolute atomic E-state index is 12.5. The Balaban J connectivity index is 0.000000314. The number of benzene rings is 2. The van der Waals surface area contributed by atoms with Crippen LogP contribution in [0.15, 0.2) is 67.0 Å². The Morgan fingerprint density at radius 1 is 0.848 bits per heavy atom. The number of nitrogens with one attached hydrogen (secondary N) is 2. The van der Waals surface area contributed by atoms with Crippen molar-refractivity contribution in [1.82, 2.24) is 19.6 Å². The number of anilines is 2. The molecule has 1 unspecified atom stereocenters. The molecule has 10 nitrogen and oxygen atoms in total. The molecule has 248 valence electrons. The number of aromatic nitrogens is 4. The number of aryl methyl sites for hydroxylation is 2. The Labute approximate surface area is 298 Å². The number of allylic oxidation sites excluding steroid dienone is 2. The number of amides is 2. The summed E-state index contributed by atoms with van der Waals surface area (Å²) < 4.78 is 4.60. The molecule has 2 aromatic carbocycles. The Morgan fingerprint density at radius 2 is 1.30 bits per heavy atom. The van der Waals surface area contributed by atoms with Crippen LogP contribution in [0.4, 0.5) is 11.4 Å². The summed E-state index contributed by atoms with van der Waals surface area (Å²) in [6, 6.07) is 15.2. The first-order chi connectivity index (χ1) is 21.1. The third-order valence-corrected chi connectivity index (χ3v) is 8.40. The number of para-hydroxylation sites is 2. The molecule has 0 saturated heterocycles. The molecule has 2 heterocycles. The van der Waals surface area contributed by atoms with Crippen LogP contribution in [-0.4, -0.2) is 42.0 Å². The monoisotopic (exact) mass is 853 g/mol. The summed E-state index contributed by atoms with van der Waals surface area (Å²) >= 11 is 4.11. The fourth-order valence-electron chi connectivity index (χ4n) is 5.10. The average molecular weight is 854 g/mol. The van der Waals surface area contributed by atoms with Crippen LogP contribution in [0.25, 0.3) is 5.57 Å². The van der Waals surface area contributed by atoms with E-state index >= 15 is 0 Å². The predicted molar refractivity (Wildman–Crippen MR) is 200 cm³/mol. The summed E-state index contributed by atoms with van der Waals surface area (Å²) in [5.41, 5.74) is 4.48. The zero-order chi connectivity index (χ0) is 33.5. The number of rotatable bonds is 9. The standard InChI is InChI=1S/C17H22IN3O2.C17H20IN3O.H2O/c1-11(2)9-17(3,23)13-7-5-6-8-14(13)19-16(22)12-10-21(4)20-15(12)18;1-11(2)9-12(3)13-7-5-6-8-15(13)19-17(22)14-10-21(4)20-16(14)18;/h5-8,10-11,23H,9H2,1-4H3,(H,19,22);5-11H,1-4H3,(H,19,22);1H2/p-1. The van der Waals surface area contributed by atoms with Gasteiger partial charge in [0.1, 0.15) is 7.40 Å². The van der Waals surface area contributed by atoms with Crippen molar-refractivity contribution in [3.63, 3.8) is 0 Å². The first-order valence-corrected chi connectivity index (χ1v) is 16.9. The quantitative estimate of drug-likeness (QED) is 0.147. The lowest BCUT2D eigenvalue weighted by molar-refractivity contribution is 0.0355. The summed E-state index contributed by atoms with van der Waals surface area (Å²) in [4.78, 5) is 25.0. The Hall–Kier alpha value is -3.08. The highest BCUT2D eigenvalue weighted by atomic mass is 127. The van der Waals surface area contributed by atoms with Crippen molar-refractivity contribution in [3.8, 4) is 0 Å². The molecule has 0 aliphatic rings. The number of carbonyl (C=O) groups is 2. The summed E-state index contributed by atoms with van der Waals surface area (Å²) in [7, 11) is 3.59. The zero-order valence-electron chi connectivity index (χ0n) is 27.5. The highest BCUT2D eigenvalue weighted by Gasteiger charge is 2.28. The van der Waals surface area contributed by atoms with E-state index < -0.39 is 5.60 Å². The first-order valence-electron chi connectivity index (χ1n) is 14.7. The van der Waals surface area contributed by atoms with Crippen molar-refractivity contribution in [2.24, 2.45) is 25.9 Å². The molecule has 0 aliphatic carbocycles. The molecule has 2 aromatic heterocycles. The van der Waals surface area contributed by atoms with Crippen LogP contribution in [0, 0.1) is 19.2 Å². The van der Waals surface area contributed by atoms with Crippen LogP contribution in [0.5, 0.6) is 0 Å². The minimum Gasteiger partial charge on any atom is -0.870 e. The van der Waals surface area contributed by atoms with Crippen LogP contribution in [0.3, 0.4) is 0 Å². The fraction of sp³-hybridized carbons (Fsp3) is 0.353. The highest BCUT2D eigenvalue weighted by Crippen LogP contribution is 2.33. The van der Waals surface area contributed by atoms with Gasteiger partial charge in [0, 0.05) is 49.0 Å². The molecule has 0 fully saturated rings. The van der Waals surface area contributed by atoms with E-state index in [1.807, 2.05) is 78.2 Å². The summed E-state index contributed by atoms with van der Waals surface area (Å²) in [6.07, 6.45) is 6.23. The molecule has 0 radical (unpaired) electrons. The molecule has 0 spiro atoms. The number of hydrogen-bond acceptors (Lipinski definition) is 6. The van der Waals surface area contributed by atoms with Crippen molar-refractivity contribution in [3.05, 3.63) is 96.7 Å². The van der Waals surface area contributed by atoms with E-state index in [4.69, 9.17) is 0 Å². The molecule has 46 heavy (non-hydrogen) atoms. The second-order valence-electron chi connectivity index (χ2n) is 12.0. The molecule has 0 bridgehead atoms. The molecule has 4 rings (SSSR count). The molecule has 1 atom stereocenters. The molecule has 4 aromatic rings. The Morgan fingerprint density at radius 3 is 1.76 bits per heavy atom. The molecule has 12 heteroatoms. The summed E-state index contributed by atoms with van der Waals surface area (Å²) in [5.74, 6) is 0.439. The van der Waals surface area contributed by atoms with Gasteiger partial charge in [-0.2, -0.15) is 10.2 Å². The van der Waals surface area contributed by atoms with Gasteiger partial charge in [-0.05, 0) is 95.0 Å². The van der Waals surface area contributed by atoms with Crippen molar-refractivity contribution < 1.29 is 20.2 Å². The highest BCUT2D eigenvalue weighted by molar-refractivity contribution is 14.1. The van der Waals surface area contributed by atoms with E-state index in [-0.39, 0.29) is 17.3 Å². The van der Waals surface area contributed by atoms with E-state index in [1.165, 1.54) is 0 Å². The van der Waals surface area contributed by atoms with E-state index in [0.29, 0.717) is 42.5 Å². The lowest BCUT2D eigenvalue weighted by atomic mass is 9.86. The summed E-state index contributed by atoms with van der Waals surface area (Å²) in [5, 5.41) is 25.1. The van der Waals surface area contributed by atoms with Gasteiger partial charge in [0.05, 0.1) is 16.7 Å². The fourth-order valence-corrected chi connectivity index (χ4v) is 6.55. The van der Waals surface area contributed by atoms with Gasteiger partial charge in [0.15, 0.2) is 0 Å². The molecular weight excluding hydrogens is 810 g/mol. The smallest absolute Gasteiger partial charge is 0.259 e. The number of carbonyl (C=O) groups excluding carboxylic acids is 2. The van der Waals surface area contributed by atoms with Crippen LogP contribution in [0.2, 0.25) is 0 Å². The van der Waals surface area contributed by atoms with Gasteiger partial charge in [-0.15, -0.1) is 0 Å². The number of hydrogen-bond donors (Lipinski definition) is 3. The third kappa shape index (κ3) is 10.7. The van der Waals surface area contributed by atoms with Crippen molar-refractivity contribution in [2.45, 2.75) is 53.6 Å². The predicted octanol–water partition coefficient (Wildman–Crippen LogP) is 7.69. The van der Waals surface area contributed by atoms with Crippen LogP contribution < -0.4 is 10.6 Å². The lowest BCUT2D eigenvalue weighted by Crippen LogP contribution is -2.26. The van der Waals surface area contributed by atoms with Crippen molar-refractivity contribution in [2.75, 3.05) is 10.6 Å². The van der Waals surface area contributed by atoms with Crippen LogP contribution in [0.1, 0.15) is 79.8 Å². The number of aliphatic hydroxyl groups is 1. The Bertz CT molecular complexity index is 1670. The number of halogens is 2. The lowest BCUT2D eigenvalue weighted by Gasteiger charge is -2.28. The van der Waals surface area contributed by atoms with Gasteiger partial charge in [-0.1, -0.05) is 70.2 Å². The molecule has 0 aliphatic heterocycles. The molecule has 2 amide bonds. The van der Waals surface area contributed by atoms with E-state index in [9.17, 15) is 14.7 Å². The second kappa shape index (κ2) is 17.2. The average Bonchev–Trinajstić information content (AvgIpc) is 3.47. The SMILES string of the molecule is CC(=CC(C)C)c1ccccc1NC(=O)c1cn(C)nc1I.CC(C)CC(C)(O)c1ccccc1NC(=O)c1cn(C)nc1I.[OH-]. The van der Waals surface area contributed by atoms with Crippen LogP contribution in [-0.2, 0) is 19.7 Å². The van der Waals surface area contributed by atoms with Gasteiger partial charge in [0.25, 0.3) is 11.8 Å². The number of nitrogens with zero attached hydrogens (tertiary/aromatic N) is 4. The Kier molecular flexibility index (Phi) is 14.6. The normalized spacial score (nSPS) is 12.6. The van der Waals surface area contributed by atoms with Gasteiger partial charge in [-0.25, -0.2) is 0 Å². The van der Waals surface area contributed by atoms with Gasteiger partial charge in [0.2, 0.25) is 0 Å². The van der Waals surface area contributed by atoms with E-state index in [1.54, 1.807) is 35.7 Å². The zero-order valence-corrected chi connectivity index (χ0v) is 31.8. The molecular formula is C34H43I2N6O4-. The van der Waals surface area contributed by atoms with Crippen molar-refractivity contribution >= 4 is 73.9 Å². The largest absolute Gasteiger partial charge is 0.870 e. The molecule has 0 saturated carbocycles. The third-order valence-electron chi connectivity index (χ3n) is 6.80. The maximum atomic E-state index is 12.5. The topological polar surface area (TPSA) is 144 Å². The van der Waals surface area contributed by atoms with Crippen LogP contribution >= 0.6 is 45.2 Å². The van der Waals surface area contributed by atoms with E-state index in [0.717, 1.165) is 22.4 Å².